The fourth-order valence-electron chi connectivity index (χ4n) is 8.16. The molecule has 3 fully saturated rings. The number of halogens is 1. The number of anilines is 2. The summed E-state index contributed by atoms with van der Waals surface area (Å²) in [5.74, 6) is -1.89. The van der Waals surface area contributed by atoms with Crippen molar-refractivity contribution in [3.05, 3.63) is 78.9 Å². The van der Waals surface area contributed by atoms with Crippen LogP contribution in [0.3, 0.4) is 0 Å². The molecule has 1 spiro atoms. The molecule has 0 aromatic heterocycles. The van der Waals surface area contributed by atoms with Crippen molar-refractivity contribution in [3.63, 3.8) is 0 Å². The fraction of sp³-hybridized carbons (Fsp3) is 0.500. The Morgan fingerprint density at radius 2 is 1.71 bits per heavy atom. The van der Waals surface area contributed by atoms with Crippen LogP contribution >= 0.6 is 15.9 Å². The molecule has 9 nitrogen and oxygen atoms in total. The van der Waals surface area contributed by atoms with E-state index in [0.717, 1.165) is 16.8 Å². The first-order valence-corrected chi connectivity index (χ1v) is 17.8. The van der Waals surface area contributed by atoms with Gasteiger partial charge in [-0.15, -0.1) is 13.2 Å². The number of ether oxygens (including phenoxy) is 2. The molecule has 258 valence electrons. The number of benzene rings is 2. The number of likely N-dealkylation sites (tertiary alicyclic amines) is 1. The van der Waals surface area contributed by atoms with E-state index >= 15 is 4.79 Å². The number of para-hydroxylation sites is 1. The molecule has 3 heterocycles. The van der Waals surface area contributed by atoms with Gasteiger partial charge in [-0.1, -0.05) is 60.1 Å². The van der Waals surface area contributed by atoms with Gasteiger partial charge in [-0.2, -0.15) is 0 Å². The third-order valence-electron chi connectivity index (χ3n) is 9.92. The van der Waals surface area contributed by atoms with Crippen LogP contribution in [0, 0.1) is 31.6 Å². The van der Waals surface area contributed by atoms with Crippen molar-refractivity contribution in [2.45, 2.75) is 76.1 Å². The second kappa shape index (κ2) is 14.6. The molecule has 2 bridgehead atoms. The van der Waals surface area contributed by atoms with Gasteiger partial charge in [0.25, 0.3) is 5.91 Å². The molecule has 48 heavy (non-hydrogen) atoms. The zero-order valence-corrected chi connectivity index (χ0v) is 30.2. The summed E-state index contributed by atoms with van der Waals surface area (Å²) in [6.07, 6.45) is 3.54. The molecular weight excluding hydrogens is 674 g/mol. The number of rotatable bonds is 14. The molecule has 3 saturated heterocycles. The lowest BCUT2D eigenvalue weighted by molar-refractivity contribution is -0.144. The van der Waals surface area contributed by atoms with E-state index in [4.69, 9.17) is 9.47 Å². The van der Waals surface area contributed by atoms with Crippen molar-refractivity contribution in [3.8, 4) is 5.75 Å². The smallest absolute Gasteiger partial charge is 0.253 e. The Balaban J connectivity index is 1.63. The number of carbonyl (C=O) groups is 3. The number of nitrogens with zero attached hydrogens (tertiary/aromatic N) is 3. The first-order chi connectivity index (χ1) is 22.9. The number of aryl methyl sites for hydroxylation is 2. The van der Waals surface area contributed by atoms with E-state index in [1.54, 1.807) is 26.9 Å². The van der Waals surface area contributed by atoms with Crippen LogP contribution in [0.1, 0.15) is 44.7 Å². The molecule has 2 aromatic rings. The molecule has 1 N–H and O–H groups in total. The minimum atomic E-state index is -1.29. The Kier molecular flexibility index (Phi) is 10.9. The molecule has 10 heteroatoms. The molecule has 7 atom stereocenters. The van der Waals surface area contributed by atoms with E-state index < -0.39 is 35.6 Å². The molecule has 3 unspecified atom stereocenters. The second-order valence-corrected chi connectivity index (χ2v) is 14.7. The highest BCUT2D eigenvalue weighted by molar-refractivity contribution is 9.09. The summed E-state index contributed by atoms with van der Waals surface area (Å²) in [6, 6.07) is 11.4. The maximum absolute atomic E-state index is 15.1. The number of fused-ring (bicyclic) bond motifs is 1. The summed E-state index contributed by atoms with van der Waals surface area (Å²) in [7, 11) is 0. The van der Waals surface area contributed by atoms with Gasteiger partial charge in [0.15, 0.2) is 0 Å². The number of aliphatic hydroxyl groups is 1. The van der Waals surface area contributed by atoms with Crippen LogP contribution in [0.2, 0.25) is 0 Å². The Labute approximate surface area is 292 Å². The van der Waals surface area contributed by atoms with Gasteiger partial charge in [0.2, 0.25) is 11.8 Å². The van der Waals surface area contributed by atoms with E-state index in [-0.39, 0.29) is 48.2 Å². The van der Waals surface area contributed by atoms with Gasteiger partial charge in [0.1, 0.15) is 17.4 Å². The summed E-state index contributed by atoms with van der Waals surface area (Å²) >= 11 is 3.80. The number of aliphatic hydroxyl groups excluding tert-OH is 1. The van der Waals surface area contributed by atoms with Crippen molar-refractivity contribution in [1.29, 1.82) is 0 Å². The first-order valence-electron chi connectivity index (χ1n) is 16.8. The third kappa shape index (κ3) is 6.11. The highest BCUT2D eigenvalue weighted by Crippen LogP contribution is 2.61. The molecule has 0 aliphatic carbocycles. The molecule has 0 radical (unpaired) electrons. The summed E-state index contributed by atoms with van der Waals surface area (Å²) in [6.45, 7) is 18.3. The highest BCUT2D eigenvalue weighted by Gasteiger charge is 2.77. The number of carbonyl (C=O) groups excluding carboxylic acids is 3. The predicted molar refractivity (Wildman–Crippen MR) is 192 cm³/mol. The molecule has 0 saturated carbocycles. The first kappa shape index (κ1) is 35.8. The summed E-state index contributed by atoms with van der Waals surface area (Å²) in [5, 5.41) is 10.7. The summed E-state index contributed by atoms with van der Waals surface area (Å²) < 4.78 is 12.5. The maximum atomic E-state index is 15.1. The van der Waals surface area contributed by atoms with Gasteiger partial charge in [0.05, 0.1) is 37.2 Å². The topological polar surface area (TPSA) is 99.6 Å². The molecular formula is C38H48BrN3O6. The van der Waals surface area contributed by atoms with Crippen LogP contribution in [0.25, 0.3) is 0 Å². The summed E-state index contributed by atoms with van der Waals surface area (Å²) in [4.78, 5) is 49.4. The zero-order chi connectivity index (χ0) is 34.9. The van der Waals surface area contributed by atoms with Crippen LogP contribution in [0.15, 0.2) is 67.8 Å². The van der Waals surface area contributed by atoms with Crippen LogP contribution in [-0.4, -0.2) is 82.6 Å². The molecule has 3 aliphatic rings. The quantitative estimate of drug-likeness (QED) is 0.202. The van der Waals surface area contributed by atoms with Gasteiger partial charge in [-0.25, -0.2) is 0 Å². The Morgan fingerprint density at radius 1 is 1.08 bits per heavy atom. The summed E-state index contributed by atoms with van der Waals surface area (Å²) in [5.41, 5.74) is 1.93. The Morgan fingerprint density at radius 3 is 2.27 bits per heavy atom. The van der Waals surface area contributed by atoms with Crippen molar-refractivity contribution >= 4 is 45.0 Å². The number of alkyl halides is 1. The zero-order valence-electron chi connectivity index (χ0n) is 28.6. The predicted octanol–water partition coefficient (Wildman–Crippen LogP) is 5.60. The van der Waals surface area contributed by atoms with E-state index in [1.165, 1.54) is 0 Å². The maximum Gasteiger partial charge on any atom is 0.253 e. The average Bonchev–Trinajstić information content (AvgIpc) is 3.65. The average molecular weight is 723 g/mol. The minimum absolute atomic E-state index is 0.132. The van der Waals surface area contributed by atoms with E-state index in [0.29, 0.717) is 30.9 Å². The largest absolute Gasteiger partial charge is 0.494 e. The van der Waals surface area contributed by atoms with E-state index in [1.807, 2.05) is 77.1 Å². The van der Waals surface area contributed by atoms with Gasteiger partial charge in [-0.05, 0) is 74.9 Å². The second-order valence-electron chi connectivity index (χ2n) is 13.5. The number of hydrogen-bond acceptors (Lipinski definition) is 6. The van der Waals surface area contributed by atoms with Crippen molar-refractivity contribution in [1.82, 2.24) is 4.90 Å². The van der Waals surface area contributed by atoms with Crippen LogP contribution in [0.5, 0.6) is 5.75 Å². The van der Waals surface area contributed by atoms with E-state index in [2.05, 4.69) is 29.1 Å². The van der Waals surface area contributed by atoms with Crippen molar-refractivity contribution in [2.24, 2.45) is 17.8 Å². The Bertz CT molecular complexity index is 1530. The SMILES string of the molecule is C=CCN(C(=O)[C@H]1[C@H]2C(=O)N([C@@H](CO)CC(C)C)C(C(=O)N(CC=C)c3c(C)cccc3C)C23CC(Br)[C@@H]1O3)c1ccc(OCC)cc1. The third-order valence-corrected chi connectivity index (χ3v) is 10.8. The standard InChI is InChI=1S/C38H48BrN3O6/c1-8-18-40(26-14-16-28(17-15-26)47-10-3)35(44)30-31-36(45)42(27(22-43)20-23(4)5)34(38(31)21-29(39)33(30)48-38)37(46)41(19-9-2)32-24(6)12-11-13-25(32)7/h8-9,11-17,23,27,29-31,33-34,43H,1-2,10,18-22H2,3-7H3/t27-,29?,30+,31+,33+,34?,38?/m1/s1. The normalized spacial score (nSPS) is 26.4. The molecule has 5 rings (SSSR count). The lowest BCUT2D eigenvalue weighted by Gasteiger charge is -2.40. The van der Waals surface area contributed by atoms with E-state index in [9.17, 15) is 14.7 Å². The molecule has 2 aromatic carbocycles. The lowest BCUT2D eigenvalue weighted by atomic mass is 9.70. The van der Waals surface area contributed by atoms with Crippen LogP contribution in [-0.2, 0) is 19.1 Å². The Hall–Kier alpha value is -3.47. The minimum Gasteiger partial charge on any atom is -0.494 e. The highest BCUT2D eigenvalue weighted by atomic mass is 79.9. The monoisotopic (exact) mass is 721 g/mol. The van der Waals surface area contributed by atoms with Gasteiger partial charge in [0, 0.05) is 29.3 Å². The number of hydrogen-bond donors (Lipinski definition) is 1. The fourth-order valence-corrected chi connectivity index (χ4v) is 9.11. The van der Waals surface area contributed by atoms with Gasteiger partial charge < -0.3 is 29.3 Å². The lowest BCUT2D eigenvalue weighted by Crippen LogP contribution is -2.59. The van der Waals surface area contributed by atoms with Gasteiger partial charge >= 0.3 is 0 Å². The number of amides is 3. The van der Waals surface area contributed by atoms with Crippen LogP contribution < -0.4 is 14.5 Å². The van der Waals surface area contributed by atoms with Crippen molar-refractivity contribution in [2.75, 3.05) is 36.1 Å². The van der Waals surface area contributed by atoms with Crippen molar-refractivity contribution < 1.29 is 29.0 Å². The molecule has 3 amide bonds. The van der Waals surface area contributed by atoms with Crippen LogP contribution in [0.4, 0.5) is 11.4 Å². The molecule has 3 aliphatic heterocycles. The van der Waals surface area contributed by atoms with Gasteiger partial charge in [-0.3, -0.25) is 14.4 Å².